The van der Waals surface area contributed by atoms with Gasteiger partial charge in [-0.2, -0.15) is 5.10 Å². The zero-order valence-electron chi connectivity index (χ0n) is 12.9. The van der Waals surface area contributed by atoms with E-state index in [4.69, 9.17) is 0 Å². The third-order valence-corrected chi connectivity index (χ3v) is 4.15. The van der Waals surface area contributed by atoms with Crippen molar-refractivity contribution in [1.29, 1.82) is 0 Å². The van der Waals surface area contributed by atoms with Gasteiger partial charge < -0.3 is 10.2 Å². The quantitative estimate of drug-likeness (QED) is 0.817. The number of carbonyl (C=O) groups is 1. The monoisotopic (exact) mass is 302 g/mol. The van der Waals surface area contributed by atoms with Crippen molar-refractivity contribution in [3.8, 4) is 0 Å². The number of carbonyl (C=O) groups excluding carboxylic acids is 1. The number of amides is 1. The molecule has 1 amide bonds. The van der Waals surface area contributed by atoms with Crippen LogP contribution >= 0.6 is 0 Å². The third kappa shape index (κ3) is 3.03. The number of fused-ring (bicyclic) bond motifs is 1. The van der Waals surface area contributed by atoms with Crippen molar-refractivity contribution in [1.82, 2.24) is 25.5 Å². The first-order valence-corrected chi connectivity index (χ1v) is 7.96. The van der Waals surface area contributed by atoms with E-state index in [9.17, 15) is 4.79 Å². The van der Waals surface area contributed by atoms with Gasteiger partial charge in [-0.15, -0.1) is 0 Å². The van der Waals surface area contributed by atoms with E-state index in [1.165, 1.54) is 0 Å². The maximum atomic E-state index is 12.3. The molecule has 2 N–H and O–H groups in total. The molecule has 3 heterocycles. The number of nitrogens with one attached hydrogen (secondary N) is 2. The van der Waals surface area contributed by atoms with E-state index in [2.05, 4.69) is 37.3 Å². The molecule has 2 aromatic heterocycles. The maximum Gasteiger partial charge on any atom is 0.224 e. The van der Waals surface area contributed by atoms with Crippen molar-refractivity contribution < 1.29 is 4.79 Å². The molecule has 0 saturated carbocycles. The Hall–Kier alpha value is -2.18. The highest BCUT2D eigenvalue weighted by atomic mass is 16.1. The lowest BCUT2D eigenvalue weighted by molar-refractivity contribution is -0.125. The minimum absolute atomic E-state index is 0.0301. The summed E-state index contributed by atoms with van der Waals surface area (Å²) in [4.78, 5) is 23.0. The van der Waals surface area contributed by atoms with E-state index in [1.54, 1.807) is 12.5 Å². The Bertz CT molecular complexity index is 640. The smallest absolute Gasteiger partial charge is 0.224 e. The van der Waals surface area contributed by atoms with Crippen LogP contribution in [0.25, 0.3) is 11.0 Å². The Morgan fingerprint density at radius 3 is 3.27 bits per heavy atom. The third-order valence-electron chi connectivity index (χ3n) is 4.15. The van der Waals surface area contributed by atoms with Crippen LogP contribution in [0.5, 0.6) is 0 Å². The number of H-pyrrole nitrogens is 1. The molecule has 1 atom stereocenters. The summed E-state index contributed by atoms with van der Waals surface area (Å²) in [5.74, 6) is 1.06. The predicted octanol–water partition coefficient (Wildman–Crippen LogP) is 1.49. The van der Waals surface area contributed by atoms with Gasteiger partial charge in [-0.25, -0.2) is 9.97 Å². The highest BCUT2D eigenvalue weighted by molar-refractivity contribution is 5.87. The van der Waals surface area contributed by atoms with Crippen LogP contribution in [0, 0.1) is 5.92 Å². The first kappa shape index (κ1) is 14.7. The lowest BCUT2D eigenvalue weighted by atomic mass is 9.97. The first-order valence-electron chi connectivity index (χ1n) is 7.96. The summed E-state index contributed by atoms with van der Waals surface area (Å²) in [5.41, 5.74) is 0.736. The van der Waals surface area contributed by atoms with Crippen molar-refractivity contribution in [2.24, 2.45) is 5.92 Å². The molecule has 0 aliphatic carbocycles. The molecule has 7 nitrogen and oxygen atoms in total. The highest BCUT2D eigenvalue weighted by Crippen LogP contribution is 2.26. The second-order valence-corrected chi connectivity index (χ2v) is 5.76. The molecule has 0 aromatic carbocycles. The first-order chi connectivity index (χ1) is 10.8. The zero-order valence-corrected chi connectivity index (χ0v) is 12.9. The molecule has 1 saturated heterocycles. The number of aromatic nitrogens is 4. The Kier molecular flexibility index (Phi) is 4.50. The Morgan fingerprint density at radius 1 is 1.50 bits per heavy atom. The van der Waals surface area contributed by atoms with E-state index >= 15 is 0 Å². The summed E-state index contributed by atoms with van der Waals surface area (Å²) in [7, 11) is 0. The molecular formula is C15H22N6O. The second kappa shape index (κ2) is 6.72. The van der Waals surface area contributed by atoms with Gasteiger partial charge in [0, 0.05) is 19.6 Å². The molecule has 3 rings (SSSR count). The van der Waals surface area contributed by atoms with Gasteiger partial charge in [-0.1, -0.05) is 13.3 Å². The van der Waals surface area contributed by atoms with Crippen molar-refractivity contribution >= 4 is 22.8 Å². The van der Waals surface area contributed by atoms with Crippen LogP contribution in [-0.2, 0) is 4.79 Å². The van der Waals surface area contributed by atoms with Crippen LogP contribution in [-0.4, -0.2) is 45.7 Å². The molecule has 0 bridgehead atoms. The van der Waals surface area contributed by atoms with Crippen molar-refractivity contribution in [2.45, 2.75) is 32.6 Å². The van der Waals surface area contributed by atoms with Crippen LogP contribution in [0.15, 0.2) is 12.5 Å². The fraction of sp³-hybridized carbons (Fsp3) is 0.600. The lowest BCUT2D eigenvalue weighted by Gasteiger charge is -2.33. The van der Waals surface area contributed by atoms with Crippen LogP contribution in [0.4, 0.5) is 5.82 Å². The fourth-order valence-electron chi connectivity index (χ4n) is 2.92. The van der Waals surface area contributed by atoms with Crippen molar-refractivity contribution in [3.05, 3.63) is 12.5 Å². The van der Waals surface area contributed by atoms with Gasteiger partial charge in [0.05, 0.1) is 17.5 Å². The average Bonchev–Trinajstić information content (AvgIpc) is 3.03. The van der Waals surface area contributed by atoms with E-state index in [1.807, 2.05) is 0 Å². The van der Waals surface area contributed by atoms with Gasteiger partial charge in [0.2, 0.25) is 5.91 Å². The number of hydrogen-bond donors (Lipinski definition) is 2. The van der Waals surface area contributed by atoms with Crippen molar-refractivity contribution in [2.75, 3.05) is 24.5 Å². The number of aromatic amines is 1. The standard InChI is InChI=1S/C15H22N6O/c1-2-3-6-16-15(22)11-5-4-7-21(9-11)14-12-8-19-20-13(12)17-10-18-14/h8,10-11H,2-7,9H2,1H3,(H,16,22)(H,17,18,19,20). The van der Waals surface area contributed by atoms with Crippen LogP contribution in [0.1, 0.15) is 32.6 Å². The van der Waals surface area contributed by atoms with Crippen LogP contribution < -0.4 is 10.2 Å². The van der Waals surface area contributed by atoms with Crippen molar-refractivity contribution in [3.63, 3.8) is 0 Å². The SMILES string of the molecule is CCCCNC(=O)C1CCCN(c2ncnc3[nH]ncc23)C1. The maximum absolute atomic E-state index is 12.3. The molecule has 118 valence electrons. The lowest BCUT2D eigenvalue weighted by Crippen LogP contribution is -2.43. The summed E-state index contributed by atoms with van der Waals surface area (Å²) in [6.45, 7) is 4.51. The molecule has 1 aliphatic rings. The molecule has 7 heteroatoms. The molecule has 0 radical (unpaired) electrons. The van der Waals surface area contributed by atoms with Gasteiger partial charge in [0.15, 0.2) is 5.65 Å². The summed E-state index contributed by atoms with van der Waals surface area (Å²) < 4.78 is 0. The van der Waals surface area contributed by atoms with E-state index in [0.29, 0.717) is 6.54 Å². The topological polar surface area (TPSA) is 86.8 Å². The molecule has 1 aliphatic heterocycles. The molecule has 22 heavy (non-hydrogen) atoms. The van der Waals surface area contributed by atoms with Gasteiger partial charge >= 0.3 is 0 Å². The van der Waals surface area contributed by atoms with Crippen LogP contribution in [0.3, 0.4) is 0 Å². The minimum Gasteiger partial charge on any atom is -0.356 e. The highest BCUT2D eigenvalue weighted by Gasteiger charge is 2.27. The van der Waals surface area contributed by atoms with Gasteiger partial charge in [-0.3, -0.25) is 9.89 Å². The predicted molar refractivity (Wildman–Crippen MR) is 84.5 cm³/mol. The number of piperidine rings is 1. The van der Waals surface area contributed by atoms with Crippen LogP contribution in [0.2, 0.25) is 0 Å². The van der Waals surface area contributed by atoms with Gasteiger partial charge in [0.25, 0.3) is 0 Å². The number of hydrogen-bond acceptors (Lipinski definition) is 5. The molecule has 1 fully saturated rings. The normalized spacial score (nSPS) is 18.6. The second-order valence-electron chi connectivity index (χ2n) is 5.76. The van der Waals surface area contributed by atoms with Gasteiger partial charge in [0.1, 0.15) is 12.1 Å². The number of rotatable bonds is 5. The van der Waals surface area contributed by atoms with E-state index in [0.717, 1.165) is 55.6 Å². The summed E-state index contributed by atoms with van der Waals surface area (Å²) >= 11 is 0. The minimum atomic E-state index is 0.0301. The molecule has 2 aromatic rings. The summed E-state index contributed by atoms with van der Waals surface area (Å²) in [6, 6.07) is 0. The molecular weight excluding hydrogens is 280 g/mol. The van der Waals surface area contributed by atoms with E-state index in [-0.39, 0.29) is 11.8 Å². The Morgan fingerprint density at radius 2 is 2.41 bits per heavy atom. The fourth-order valence-corrected chi connectivity index (χ4v) is 2.92. The number of nitrogens with zero attached hydrogens (tertiary/aromatic N) is 4. The zero-order chi connectivity index (χ0) is 15.4. The Labute approximate surface area is 129 Å². The number of unbranched alkanes of at least 4 members (excludes halogenated alkanes) is 1. The molecule has 1 unspecified atom stereocenters. The summed E-state index contributed by atoms with van der Waals surface area (Å²) in [5, 5.41) is 10.8. The Balaban J connectivity index is 1.70. The average molecular weight is 302 g/mol. The summed E-state index contributed by atoms with van der Waals surface area (Å²) in [6.07, 6.45) is 7.35. The van der Waals surface area contributed by atoms with E-state index < -0.39 is 0 Å². The number of anilines is 1. The largest absolute Gasteiger partial charge is 0.356 e. The van der Waals surface area contributed by atoms with Gasteiger partial charge in [-0.05, 0) is 19.3 Å². The molecule has 0 spiro atoms.